The number of carbonyl (C=O) groups is 4. The maximum atomic E-state index is 13.3. The number of hydrogen-bond donors (Lipinski definition) is 3. The molecular weight excluding hydrogens is 510 g/mol. The van der Waals surface area contributed by atoms with E-state index in [2.05, 4.69) is 52.2 Å². The third-order valence-corrected chi connectivity index (χ3v) is 7.57. The highest BCUT2D eigenvalue weighted by Gasteiger charge is 2.34. The van der Waals surface area contributed by atoms with Crippen LogP contribution in [0, 0.1) is 11.3 Å². The van der Waals surface area contributed by atoms with Gasteiger partial charge < -0.3 is 20.5 Å². The van der Waals surface area contributed by atoms with Gasteiger partial charge in [0.15, 0.2) is 0 Å². The van der Waals surface area contributed by atoms with Gasteiger partial charge in [-0.15, -0.1) is 0 Å². The molecule has 1 aliphatic heterocycles. The molecule has 0 saturated carbocycles. The maximum absolute atomic E-state index is 13.3. The zero-order valence-electron chi connectivity index (χ0n) is 24.4. The van der Waals surface area contributed by atoms with Crippen LogP contribution in [0.25, 0.3) is 10.8 Å². The Labute approximate surface area is 236 Å². The van der Waals surface area contributed by atoms with Crippen LogP contribution in [0.2, 0.25) is 0 Å². The number of pyridine rings is 1. The predicted octanol–water partition coefficient (Wildman–Crippen LogP) is 1.65. The van der Waals surface area contributed by atoms with E-state index in [1.807, 2.05) is 33.9 Å². The minimum Gasteiger partial charge on any atom is -0.548 e. The van der Waals surface area contributed by atoms with Crippen LogP contribution in [-0.4, -0.2) is 58.4 Å². The lowest BCUT2D eigenvalue weighted by Gasteiger charge is -2.36. The Kier molecular flexibility index (Phi) is 10.2. The van der Waals surface area contributed by atoms with Gasteiger partial charge in [0.25, 0.3) is 5.91 Å². The van der Waals surface area contributed by atoms with Crippen molar-refractivity contribution in [2.45, 2.75) is 91.8 Å². The monoisotopic (exact) mass is 552 g/mol. The standard InChI is InChI=1S/C30H43N5O5/c1-7-20-10-11-21-17-31-23(16-22(21)15-20)12-13-30(5,6)29(40)33-25(18(2)3)26(36)32-19(4)27(37)35-14-8-9-24(34-35)28(38)39/h10-11,15-19,24-25,34H,7-9,12-14H2,1-6H3,(H,32,36)(H,33,40)(H,38,39)/p-1/t19-,24-,25-/m0/s1. The van der Waals surface area contributed by atoms with Crippen molar-refractivity contribution in [2.75, 3.05) is 6.54 Å². The minimum atomic E-state index is -1.28. The summed E-state index contributed by atoms with van der Waals surface area (Å²) in [5, 5.41) is 20.2. The topological polar surface area (TPSA) is 144 Å². The number of rotatable bonds is 11. The van der Waals surface area contributed by atoms with Gasteiger partial charge in [0, 0.05) is 29.2 Å². The second-order valence-corrected chi connectivity index (χ2v) is 11.7. The number of aromatic nitrogens is 1. The van der Waals surface area contributed by atoms with Crippen LogP contribution in [-0.2, 0) is 32.0 Å². The minimum absolute atomic E-state index is 0.229. The highest BCUT2D eigenvalue weighted by Crippen LogP contribution is 2.25. The van der Waals surface area contributed by atoms with Crippen LogP contribution in [0.5, 0.6) is 0 Å². The highest BCUT2D eigenvalue weighted by molar-refractivity contribution is 5.93. The zero-order chi connectivity index (χ0) is 29.6. The van der Waals surface area contributed by atoms with Gasteiger partial charge >= 0.3 is 0 Å². The fourth-order valence-corrected chi connectivity index (χ4v) is 4.73. The SMILES string of the molecule is CCc1ccc2cnc(CCC(C)(C)C(=O)N[C@H](C(=O)N[C@@H](C)C(=O)N3CCC[C@@H](C(=O)[O-])N3)C(C)C)cc2c1. The third-order valence-electron chi connectivity index (χ3n) is 7.57. The fraction of sp³-hybridized carbons (Fsp3) is 0.567. The van der Waals surface area contributed by atoms with Gasteiger partial charge in [-0.2, -0.15) is 0 Å². The first-order valence-corrected chi connectivity index (χ1v) is 14.1. The predicted molar refractivity (Wildman–Crippen MR) is 150 cm³/mol. The van der Waals surface area contributed by atoms with E-state index < -0.39 is 41.3 Å². The number of nitrogens with one attached hydrogen (secondary N) is 3. The lowest BCUT2D eigenvalue weighted by atomic mass is 9.85. The van der Waals surface area contributed by atoms with Gasteiger partial charge in [0.1, 0.15) is 12.1 Å². The summed E-state index contributed by atoms with van der Waals surface area (Å²) in [4.78, 5) is 55.1. The first-order valence-electron chi connectivity index (χ1n) is 14.1. The van der Waals surface area contributed by atoms with Crippen molar-refractivity contribution in [3.05, 3.63) is 41.7 Å². The van der Waals surface area contributed by atoms with Crippen LogP contribution in [0.3, 0.4) is 0 Å². The molecule has 3 rings (SSSR count). The molecular formula is C30H42N5O5-. The molecule has 1 aromatic carbocycles. The molecule has 0 unspecified atom stereocenters. The number of nitrogens with zero attached hydrogens (tertiary/aromatic N) is 2. The molecule has 0 spiro atoms. The number of carboxylic acids is 1. The fourth-order valence-electron chi connectivity index (χ4n) is 4.73. The maximum Gasteiger partial charge on any atom is 0.258 e. The number of hydrazine groups is 1. The van der Waals surface area contributed by atoms with E-state index in [0.717, 1.165) is 22.9 Å². The van der Waals surface area contributed by atoms with E-state index in [4.69, 9.17) is 0 Å². The Hall–Kier alpha value is -3.53. The zero-order valence-corrected chi connectivity index (χ0v) is 24.4. The summed E-state index contributed by atoms with van der Waals surface area (Å²) < 4.78 is 0. The molecule has 1 saturated heterocycles. The first-order chi connectivity index (χ1) is 18.8. The van der Waals surface area contributed by atoms with Gasteiger partial charge in [-0.05, 0) is 62.0 Å². The van der Waals surface area contributed by atoms with Crippen LogP contribution >= 0.6 is 0 Å². The Morgan fingerprint density at radius 2 is 1.85 bits per heavy atom. The third kappa shape index (κ3) is 7.78. The average molecular weight is 553 g/mol. The van der Waals surface area contributed by atoms with Gasteiger partial charge in [0.05, 0.1) is 12.0 Å². The van der Waals surface area contributed by atoms with Crippen molar-refractivity contribution in [2.24, 2.45) is 11.3 Å². The van der Waals surface area contributed by atoms with E-state index in [-0.39, 0.29) is 11.8 Å². The average Bonchev–Trinajstić information content (AvgIpc) is 2.93. The largest absolute Gasteiger partial charge is 0.548 e. The highest BCUT2D eigenvalue weighted by atomic mass is 16.4. The molecule has 1 aliphatic rings. The molecule has 3 amide bonds. The van der Waals surface area contributed by atoms with Gasteiger partial charge in [0.2, 0.25) is 11.8 Å². The van der Waals surface area contributed by atoms with Crippen LogP contribution in [0.15, 0.2) is 30.5 Å². The summed E-state index contributed by atoms with van der Waals surface area (Å²) >= 11 is 0. The van der Waals surface area contributed by atoms with Crippen LogP contribution in [0.1, 0.15) is 72.1 Å². The molecule has 10 heteroatoms. The lowest BCUT2D eigenvalue weighted by Crippen LogP contribution is -2.62. The number of benzene rings is 1. The van der Waals surface area contributed by atoms with E-state index in [9.17, 15) is 24.3 Å². The van der Waals surface area contributed by atoms with Gasteiger partial charge in [-0.25, -0.2) is 5.43 Å². The first kappa shape index (κ1) is 31.0. The quantitative estimate of drug-likeness (QED) is 0.385. The number of amides is 3. The van der Waals surface area contributed by atoms with Crippen molar-refractivity contribution in [3.8, 4) is 0 Å². The summed E-state index contributed by atoms with van der Waals surface area (Å²) in [5.41, 5.74) is 4.04. The molecule has 2 heterocycles. The van der Waals surface area contributed by atoms with Crippen LogP contribution < -0.4 is 21.2 Å². The van der Waals surface area contributed by atoms with E-state index in [1.165, 1.54) is 17.5 Å². The molecule has 3 N–H and O–H groups in total. The number of carbonyl (C=O) groups excluding carboxylic acids is 4. The Morgan fingerprint density at radius 3 is 2.50 bits per heavy atom. The summed E-state index contributed by atoms with van der Waals surface area (Å²) in [6, 6.07) is 5.69. The number of fused-ring (bicyclic) bond motifs is 1. The lowest BCUT2D eigenvalue weighted by molar-refractivity contribution is -0.310. The molecule has 3 atom stereocenters. The van der Waals surface area contributed by atoms with Crippen molar-refractivity contribution in [3.63, 3.8) is 0 Å². The number of hydrogen-bond acceptors (Lipinski definition) is 7. The second kappa shape index (κ2) is 13.2. The summed E-state index contributed by atoms with van der Waals surface area (Å²) in [6.07, 6.45) is 4.82. The molecule has 1 aromatic heterocycles. The van der Waals surface area contributed by atoms with Crippen molar-refractivity contribution < 1.29 is 24.3 Å². The summed E-state index contributed by atoms with van der Waals surface area (Å²) in [5.74, 6) is -2.70. The number of aryl methyl sites for hydroxylation is 2. The van der Waals surface area contributed by atoms with Gasteiger partial charge in [-0.3, -0.25) is 24.4 Å². The van der Waals surface area contributed by atoms with Gasteiger partial charge in [-0.1, -0.05) is 52.8 Å². The van der Waals surface area contributed by atoms with Crippen molar-refractivity contribution in [1.29, 1.82) is 0 Å². The van der Waals surface area contributed by atoms with E-state index in [0.29, 0.717) is 32.2 Å². The molecule has 0 bridgehead atoms. The molecule has 0 aliphatic carbocycles. The number of aliphatic carboxylic acids is 1. The second-order valence-electron chi connectivity index (χ2n) is 11.7. The Balaban J connectivity index is 1.60. The molecule has 2 aromatic rings. The molecule has 40 heavy (non-hydrogen) atoms. The summed E-state index contributed by atoms with van der Waals surface area (Å²) in [6.45, 7) is 11.3. The summed E-state index contributed by atoms with van der Waals surface area (Å²) in [7, 11) is 0. The van der Waals surface area contributed by atoms with Crippen molar-refractivity contribution in [1.82, 2.24) is 26.1 Å². The molecule has 1 fully saturated rings. The molecule has 218 valence electrons. The van der Waals surface area contributed by atoms with E-state index >= 15 is 0 Å². The smallest absolute Gasteiger partial charge is 0.258 e. The molecule has 0 radical (unpaired) electrons. The molecule has 10 nitrogen and oxygen atoms in total. The Morgan fingerprint density at radius 1 is 1.12 bits per heavy atom. The van der Waals surface area contributed by atoms with Crippen LogP contribution in [0.4, 0.5) is 0 Å². The van der Waals surface area contributed by atoms with E-state index in [1.54, 1.807) is 0 Å². The van der Waals surface area contributed by atoms with Crippen molar-refractivity contribution >= 4 is 34.5 Å². The normalized spacial score (nSPS) is 17.4. The Bertz CT molecular complexity index is 1240. The number of carboxylic acid groups (broad SMARTS) is 1.